The maximum absolute atomic E-state index is 14.0. The molecule has 0 bridgehead atoms. The molecule has 4 rings (SSSR count). The molecule has 2 aliphatic rings. The molecule has 7 nitrogen and oxygen atoms in total. The van der Waals surface area contributed by atoms with Gasteiger partial charge in [-0.05, 0) is 84.1 Å². The minimum atomic E-state index is -0.995. The number of nitrogens with one attached hydrogen (secondary N) is 1. The number of hydrogen-bond acceptors (Lipinski definition) is 6. The van der Waals surface area contributed by atoms with Crippen LogP contribution in [0, 0.1) is 29.1 Å². The number of amides is 1. The van der Waals surface area contributed by atoms with Gasteiger partial charge in [-0.1, -0.05) is 24.0 Å². The van der Waals surface area contributed by atoms with Crippen molar-refractivity contribution in [3.05, 3.63) is 22.0 Å². The van der Waals surface area contributed by atoms with Gasteiger partial charge < -0.3 is 10.0 Å². The molecular formula is C27H36N4O3S2. The summed E-state index contributed by atoms with van der Waals surface area (Å²) in [6.07, 6.45) is 9.15. The number of aromatic carboxylic acids is 1. The van der Waals surface area contributed by atoms with Gasteiger partial charge in [0.1, 0.15) is 9.90 Å². The number of nitrogens with zero attached hydrogens (tertiary/aromatic N) is 3. The first-order valence-corrected chi connectivity index (χ1v) is 14.6. The van der Waals surface area contributed by atoms with Crippen molar-refractivity contribution in [1.82, 2.24) is 15.4 Å². The molecule has 2 saturated carbocycles. The number of thiophene rings is 1. The van der Waals surface area contributed by atoms with Gasteiger partial charge in [0.25, 0.3) is 0 Å². The van der Waals surface area contributed by atoms with Crippen molar-refractivity contribution in [3.63, 3.8) is 0 Å². The number of thioether (sulfide) groups is 1. The molecule has 0 aromatic carbocycles. The van der Waals surface area contributed by atoms with E-state index in [9.17, 15) is 14.7 Å². The lowest BCUT2D eigenvalue weighted by Crippen LogP contribution is -2.46. The van der Waals surface area contributed by atoms with E-state index in [-0.39, 0.29) is 28.2 Å². The fourth-order valence-corrected chi connectivity index (χ4v) is 6.98. The van der Waals surface area contributed by atoms with Gasteiger partial charge in [0.05, 0.1) is 16.8 Å². The molecule has 2 N–H and O–H groups in total. The Kier molecular flexibility index (Phi) is 8.46. The number of carboxylic acid groups (broad SMARTS) is 1. The highest BCUT2D eigenvalue weighted by Crippen LogP contribution is 2.41. The number of aromatic amines is 1. The Morgan fingerprint density at radius 2 is 1.83 bits per heavy atom. The monoisotopic (exact) mass is 528 g/mol. The second-order valence-electron chi connectivity index (χ2n) is 11.2. The second-order valence-corrected chi connectivity index (χ2v) is 13.6. The first-order chi connectivity index (χ1) is 17.1. The zero-order valence-corrected chi connectivity index (χ0v) is 23.2. The molecule has 9 heteroatoms. The van der Waals surface area contributed by atoms with Gasteiger partial charge in [0, 0.05) is 22.6 Å². The zero-order valence-electron chi connectivity index (χ0n) is 21.5. The summed E-state index contributed by atoms with van der Waals surface area (Å²) in [5, 5.41) is 22.0. The lowest BCUT2D eigenvalue weighted by Gasteiger charge is -2.39. The SMILES string of the molecule is CC(C)(C)C#Cc1cc(N(C(=O)[C@H]2CC[C@H](C)CC2)C2CCC(Sc3cnn[nH]3)CC2)c(C(=O)O)s1. The van der Waals surface area contributed by atoms with E-state index in [4.69, 9.17) is 0 Å². The summed E-state index contributed by atoms with van der Waals surface area (Å²) in [5.74, 6) is 6.06. The van der Waals surface area contributed by atoms with Gasteiger partial charge in [-0.25, -0.2) is 4.79 Å². The lowest BCUT2D eigenvalue weighted by molar-refractivity contribution is -0.124. The highest BCUT2D eigenvalue weighted by Gasteiger charge is 2.37. The maximum atomic E-state index is 14.0. The van der Waals surface area contributed by atoms with Gasteiger partial charge in [-0.15, -0.1) is 28.2 Å². The number of carbonyl (C=O) groups excluding carboxylic acids is 1. The summed E-state index contributed by atoms with van der Waals surface area (Å²) in [6, 6.07) is 1.83. The summed E-state index contributed by atoms with van der Waals surface area (Å²) in [5.41, 5.74) is 0.338. The Morgan fingerprint density at radius 1 is 1.14 bits per heavy atom. The first kappa shape index (κ1) is 26.7. The molecule has 36 heavy (non-hydrogen) atoms. The Labute approximate surface area is 221 Å². The maximum Gasteiger partial charge on any atom is 0.348 e. The van der Waals surface area contributed by atoms with E-state index in [0.29, 0.717) is 21.7 Å². The number of carbonyl (C=O) groups is 2. The van der Waals surface area contributed by atoms with Gasteiger partial charge in [0.15, 0.2) is 0 Å². The average molecular weight is 529 g/mol. The van der Waals surface area contributed by atoms with Crippen LogP contribution in [0.5, 0.6) is 0 Å². The van der Waals surface area contributed by atoms with Crippen molar-refractivity contribution in [2.75, 3.05) is 4.90 Å². The summed E-state index contributed by atoms with van der Waals surface area (Å²) in [7, 11) is 0. The number of hydrogen-bond donors (Lipinski definition) is 2. The van der Waals surface area contributed by atoms with E-state index in [1.165, 1.54) is 11.3 Å². The van der Waals surface area contributed by atoms with Gasteiger partial charge in [-0.2, -0.15) is 0 Å². The fourth-order valence-electron chi connectivity index (χ4n) is 5.07. The van der Waals surface area contributed by atoms with Crippen LogP contribution in [0.4, 0.5) is 5.69 Å². The standard InChI is InChI=1S/C27H36N4O3S2/c1-17-5-7-18(8-6-17)25(32)31(19-9-11-20(12-10-19)35-23-16-28-30-29-23)22-15-21(13-14-27(2,3)4)36-24(22)26(33)34/h15-20H,5-12H2,1-4H3,(H,33,34)(H,28,29,30)/t17-,18-,19?,20?. The number of anilines is 1. The van der Waals surface area contributed by atoms with Crippen LogP contribution in [-0.2, 0) is 4.79 Å². The van der Waals surface area contributed by atoms with Crippen molar-refractivity contribution in [1.29, 1.82) is 0 Å². The van der Waals surface area contributed by atoms with Crippen LogP contribution in [0.15, 0.2) is 17.3 Å². The Hall–Kier alpha value is -2.31. The minimum absolute atomic E-state index is 0.00952. The third-order valence-corrected chi connectivity index (χ3v) is 9.31. The van der Waals surface area contributed by atoms with Crippen molar-refractivity contribution >= 4 is 40.7 Å². The number of H-pyrrole nitrogens is 1. The molecule has 0 aliphatic heterocycles. The van der Waals surface area contributed by atoms with E-state index < -0.39 is 5.97 Å². The number of aromatic nitrogens is 3. The van der Waals surface area contributed by atoms with Crippen molar-refractivity contribution in [2.45, 2.75) is 95.4 Å². The molecule has 2 aromatic heterocycles. The summed E-state index contributed by atoms with van der Waals surface area (Å²) >= 11 is 2.92. The highest BCUT2D eigenvalue weighted by molar-refractivity contribution is 7.99. The topological polar surface area (TPSA) is 99.2 Å². The summed E-state index contributed by atoms with van der Waals surface area (Å²) in [6.45, 7) is 8.33. The highest BCUT2D eigenvalue weighted by atomic mass is 32.2. The minimum Gasteiger partial charge on any atom is -0.477 e. The van der Waals surface area contributed by atoms with E-state index in [1.54, 1.807) is 18.0 Å². The molecule has 0 radical (unpaired) electrons. The predicted octanol–water partition coefficient (Wildman–Crippen LogP) is 6.22. The van der Waals surface area contributed by atoms with Crippen LogP contribution < -0.4 is 4.90 Å². The van der Waals surface area contributed by atoms with E-state index in [2.05, 4.69) is 34.2 Å². The number of carboxylic acids is 1. The third kappa shape index (κ3) is 6.71. The Balaban J connectivity index is 1.62. The summed E-state index contributed by atoms with van der Waals surface area (Å²) < 4.78 is 0. The molecule has 2 heterocycles. The van der Waals surface area contributed by atoms with Crippen LogP contribution in [0.1, 0.15) is 93.6 Å². The fraction of sp³-hybridized carbons (Fsp3) is 0.630. The van der Waals surface area contributed by atoms with Crippen LogP contribution >= 0.6 is 23.1 Å². The second kappa shape index (κ2) is 11.4. The molecule has 2 fully saturated rings. The molecule has 0 saturated heterocycles. The van der Waals surface area contributed by atoms with Crippen LogP contribution in [0.25, 0.3) is 0 Å². The van der Waals surface area contributed by atoms with E-state index in [1.807, 2.05) is 31.7 Å². The first-order valence-electron chi connectivity index (χ1n) is 12.9. The van der Waals surface area contributed by atoms with Gasteiger partial charge in [-0.3, -0.25) is 9.89 Å². The van der Waals surface area contributed by atoms with Crippen molar-refractivity contribution in [3.8, 4) is 11.8 Å². The molecule has 2 aromatic rings. The third-order valence-electron chi connectivity index (χ3n) is 7.02. The molecule has 0 atom stereocenters. The van der Waals surface area contributed by atoms with E-state index >= 15 is 0 Å². The van der Waals surface area contributed by atoms with Gasteiger partial charge in [0.2, 0.25) is 5.91 Å². The quantitative estimate of drug-likeness (QED) is 0.432. The molecule has 0 unspecified atom stereocenters. The lowest BCUT2D eigenvalue weighted by atomic mass is 9.81. The smallest absolute Gasteiger partial charge is 0.348 e. The van der Waals surface area contributed by atoms with Crippen LogP contribution in [0.3, 0.4) is 0 Å². The van der Waals surface area contributed by atoms with Crippen molar-refractivity contribution < 1.29 is 14.7 Å². The Morgan fingerprint density at radius 3 is 2.42 bits per heavy atom. The van der Waals surface area contributed by atoms with Crippen LogP contribution in [0.2, 0.25) is 0 Å². The predicted molar refractivity (Wildman–Crippen MR) is 145 cm³/mol. The van der Waals surface area contributed by atoms with Crippen molar-refractivity contribution in [2.24, 2.45) is 17.3 Å². The number of rotatable bonds is 6. The normalized spacial score (nSPS) is 24.6. The van der Waals surface area contributed by atoms with Gasteiger partial charge >= 0.3 is 5.97 Å². The molecule has 0 spiro atoms. The molecular weight excluding hydrogens is 492 g/mol. The molecule has 194 valence electrons. The van der Waals surface area contributed by atoms with E-state index in [0.717, 1.165) is 56.4 Å². The molecule has 2 aliphatic carbocycles. The molecule has 1 amide bonds. The zero-order chi connectivity index (χ0) is 25.9. The summed E-state index contributed by atoms with van der Waals surface area (Å²) in [4.78, 5) is 29.1. The van der Waals surface area contributed by atoms with Crippen LogP contribution in [-0.4, -0.2) is 43.7 Å². The average Bonchev–Trinajstić information content (AvgIpc) is 3.49. The largest absolute Gasteiger partial charge is 0.477 e. The Bertz CT molecular complexity index is 1110.